The maximum absolute atomic E-state index is 12.4. The van der Waals surface area contributed by atoms with Crippen LogP contribution in [0, 0.1) is 0 Å². The fourth-order valence-electron chi connectivity index (χ4n) is 1.98. The van der Waals surface area contributed by atoms with Crippen LogP contribution >= 0.6 is 11.8 Å². The molecule has 1 atom stereocenters. The minimum absolute atomic E-state index is 0.0751. The summed E-state index contributed by atoms with van der Waals surface area (Å²) < 4.78 is 8.90. The van der Waals surface area contributed by atoms with Crippen molar-refractivity contribution in [2.75, 3.05) is 19.5 Å². The van der Waals surface area contributed by atoms with E-state index in [0.717, 1.165) is 5.56 Å². The molecule has 1 aromatic carbocycles. The predicted octanol–water partition coefficient (Wildman–Crippen LogP) is 2.93. The van der Waals surface area contributed by atoms with Crippen molar-refractivity contribution in [3.8, 4) is 0 Å². The molecule has 1 rings (SSSR count). The molecule has 0 aliphatic carbocycles. The van der Waals surface area contributed by atoms with E-state index >= 15 is 0 Å². The third-order valence-electron chi connectivity index (χ3n) is 2.93. The van der Waals surface area contributed by atoms with E-state index in [9.17, 15) is 9.59 Å². The topological polar surface area (TPSA) is 52.6 Å². The van der Waals surface area contributed by atoms with E-state index in [1.54, 1.807) is 13.0 Å². The second kappa shape index (κ2) is 8.52. The minimum atomic E-state index is -0.982. The van der Waals surface area contributed by atoms with Crippen molar-refractivity contribution in [1.29, 1.82) is 0 Å². The molecule has 114 valence electrons. The Morgan fingerprint density at radius 2 is 2.00 bits per heavy atom. The molecule has 0 amide bonds. The van der Waals surface area contributed by atoms with Gasteiger partial charge in [-0.3, -0.25) is 9.59 Å². The normalized spacial score (nSPS) is 13.0. The molecule has 0 radical (unpaired) electrons. The summed E-state index contributed by atoms with van der Waals surface area (Å²) in [7, 11) is 1.34. The summed E-state index contributed by atoms with van der Waals surface area (Å²) in [5.74, 6) is -0.676. The second-order valence-corrected chi connectivity index (χ2v) is 5.55. The van der Waals surface area contributed by atoms with Gasteiger partial charge in [-0.05, 0) is 18.9 Å². The van der Waals surface area contributed by atoms with Crippen molar-refractivity contribution >= 4 is 23.7 Å². The summed E-state index contributed by atoms with van der Waals surface area (Å²) in [5.41, 5.74) is 0.783. The van der Waals surface area contributed by atoms with E-state index in [2.05, 4.69) is 6.58 Å². The van der Waals surface area contributed by atoms with E-state index < -0.39 is 10.7 Å². The van der Waals surface area contributed by atoms with Crippen LogP contribution in [0.4, 0.5) is 0 Å². The molecule has 0 saturated carbocycles. The lowest BCUT2D eigenvalue weighted by Gasteiger charge is -2.29. The highest BCUT2D eigenvalue weighted by Gasteiger charge is 2.41. The van der Waals surface area contributed by atoms with Gasteiger partial charge in [-0.2, -0.15) is 0 Å². The number of hydrogen-bond donors (Lipinski definition) is 0. The molecule has 4 nitrogen and oxygen atoms in total. The SMILES string of the molecule is C=CCC(SCC(=O)OCC)(C(=O)OC)c1ccccc1. The summed E-state index contributed by atoms with van der Waals surface area (Å²) in [6, 6.07) is 9.26. The average Bonchev–Trinajstić information content (AvgIpc) is 2.52. The van der Waals surface area contributed by atoms with Gasteiger partial charge in [0, 0.05) is 0 Å². The number of methoxy groups -OCH3 is 1. The van der Waals surface area contributed by atoms with Gasteiger partial charge in [-0.1, -0.05) is 36.4 Å². The number of thioether (sulfide) groups is 1. The highest BCUT2D eigenvalue weighted by Crippen LogP contribution is 2.41. The van der Waals surface area contributed by atoms with E-state index in [4.69, 9.17) is 9.47 Å². The average molecular weight is 308 g/mol. The van der Waals surface area contributed by atoms with Gasteiger partial charge in [0.2, 0.25) is 0 Å². The van der Waals surface area contributed by atoms with Crippen molar-refractivity contribution in [2.24, 2.45) is 0 Å². The fraction of sp³-hybridized carbons (Fsp3) is 0.375. The van der Waals surface area contributed by atoms with E-state index in [0.29, 0.717) is 13.0 Å². The van der Waals surface area contributed by atoms with Crippen LogP contribution in [0.1, 0.15) is 18.9 Å². The third kappa shape index (κ3) is 4.36. The van der Waals surface area contributed by atoms with Crippen molar-refractivity contribution in [2.45, 2.75) is 18.1 Å². The molecule has 0 saturated heterocycles. The Hall–Kier alpha value is -1.75. The first kappa shape index (κ1) is 17.3. The number of rotatable bonds is 8. The number of allylic oxidation sites excluding steroid dienone is 1. The van der Waals surface area contributed by atoms with Crippen LogP contribution in [0.25, 0.3) is 0 Å². The van der Waals surface area contributed by atoms with Crippen LogP contribution in [-0.2, 0) is 23.8 Å². The number of esters is 2. The van der Waals surface area contributed by atoms with Gasteiger partial charge in [-0.15, -0.1) is 18.3 Å². The molecule has 0 heterocycles. The first-order valence-electron chi connectivity index (χ1n) is 6.65. The van der Waals surface area contributed by atoms with Crippen molar-refractivity contribution in [3.05, 3.63) is 48.6 Å². The van der Waals surface area contributed by atoms with Gasteiger partial charge in [0.1, 0.15) is 4.75 Å². The van der Waals surface area contributed by atoms with Crippen molar-refractivity contribution in [3.63, 3.8) is 0 Å². The van der Waals surface area contributed by atoms with E-state index in [1.165, 1.54) is 18.9 Å². The van der Waals surface area contributed by atoms with E-state index in [-0.39, 0.29) is 11.7 Å². The zero-order valence-corrected chi connectivity index (χ0v) is 13.2. The molecule has 0 aliphatic heterocycles. The maximum atomic E-state index is 12.4. The molecule has 21 heavy (non-hydrogen) atoms. The largest absolute Gasteiger partial charge is 0.468 e. The molecular formula is C16H20O4S. The van der Waals surface area contributed by atoms with Crippen LogP contribution in [-0.4, -0.2) is 31.4 Å². The molecule has 0 fully saturated rings. The number of carbonyl (C=O) groups is 2. The quantitative estimate of drug-likeness (QED) is 0.546. The fourth-order valence-corrected chi connectivity index (χ4v) is 3.17. The van der Waals surface area contributed by atoms with Crippen LogP contribution in [0.2, 0.25) is 0 Å². The van der Waals surface area contributed by atoms with Gasteiger partial charge in [0.05, 0.1) is 19.5 Å². The number of benzene rings is 1. The standard InChI is InChI=1S/C16H20O4S/c1-4-11-16(15(18)19-3,13-9-7-6-8-10-13)21-12-14(17)20-5-2/h4,6-10H,1,5,11-12H2,2-3H3. The summed E-state index contributed by atoms with van der Waals surface area (Å²) >= 11 is 1.21. The van der Waals surface area contributed by atoms with Gasteiger partial charge < -0.3 is 9.47 Å². The van der Waals surface area contributed by atoms with Crippen LogP contribution in [0.5, 0.6) is 0 Å². The maximum Gasteiger partial charge on any atom is 0.326 e. The zero-order valence-electron chi connectivity index (χ0n) is 12.3. The molecule has 1 unspecified atom stereocenters. The van der Waals surface area contributed by atoms with E-state index in [1.807, 2.05) is 30.3 Å². The lowest BCUT2D eigenvalue weighted by Crippen LogP contribution is -2.34. The van der Waals surface area contributed by atoms with Crippen molar-refractivity contribution < 1.29 is 19.1 Å². The van der Waals surface area contributed by atoms with Crippen LogP contribution in [0.15, 0.2) is 43.0 Å². The molecular weight excluding hydrogens is 288 g/mol. The van der Waals surface area contributed by atoms with Gasteiger partial charge in [-0.25, -0.2) is 0 Å². The first-order chi connectivity index (χ1) is 10.1. The minimum Gasteiger partial charge on any atom is -0.468 e. The first-order valence-corrected chi connectivity index (χ1v) is 7.63. The summed E-state index contributed by atoms with van der Waals surface area (Å²) in [6.07, 6.45) is 2.02. The lowest BCUT2D eigenvalue weighted by molar-refractivity contribution is -0.143. The Morgan fingerprint density at radius 3 is 2.52 bits per heavy atom. The van der Waals surface area contributed by atoms with Gasteiger partial charge >= 0.3 is 11.9 Å². The number of carbonyl (C=O) groups excluding carboxylic acids is 2. The molecule has 0 N–H and O–H groups in total. The monoisotopic (exact) mass is 308 g/mol. The smallest absolute Gasteiger partial charge is 0.326 e. The highest BCUT2D eigenvalue weighted by atomic mass is 32.2. The lowest BCUT2D eigenvalue weighted by atomic mass is 9.94. The predicted molar refractivity (Wildman–Crippen MR) is 84.0 cm³/mol. The summed E-state index contributed by atoms with van der Waals surface area (Å²) in [5, 5.41) is 0. The molecule has 0 spiro atoms. The molecule has 0 bridgehead atoms. The Bertz CT molecular complexity index is 486. The summed E-state index contributed by atoms with van der Waals surface area (Å²) in [6.45, 7) is 5.78. The second-order valence-electron chi connectivity index (χ2n) is 4.27. The molecule has 1 aromatic rings. The molecule has 0 aliphatic rings. The Morgan fingerprint density at radius 1 is 1.33 bits per heavy atom. The molecule has 0 aromatic heterocycles. The zero-order chi connectivity index (χ0) is 15.7. The van der Waals surface area contributed by atoms with Crippen LogP contribution in [0.3, 0.4) is 0 Å². The third-order valence-corrected chi connectivity index (χ3v) is 4.37. The number of hydrogen-bond acceptors (Lipinski definition) is 5. The van der Waals surface area contributed by atoms with Crippen molar-refractivity contribution in [1.82, 2.24) is 0 Å². The van der Waals surface area contributed by atoms with Crippen LogP contribution < -0.4 is 0 Å². The highest BCUT2D eigenvalue weighted by molar-refractivity contribution is 8.01. The Labute approximate surface area is 129 Å². The Kier molecular flexibility index (Phi) is 7.02. The number of ether oxygens (including phenoxy) is 2. The molecule has 5 heteroatoms. The summed E-state index contributed by atoms with van der Waals surface area (Å²) in [4.78, 5) is 24.0. The Balaban J connectivity index is 3.10. The van der Waals surface area contributed by atoms with Gasteiger partial charge in [0.25, 0.3) is 0 Å². The van der Waals surface area contributed by atoms with Gasteiger partial charge in [0.15, 0.2) is 0 Å².